The monoisotopic (exact) mass is 363 g/mol. The highest BCUT2D eigenvalue weighted by molar-refractivity contribution is 7.98. The van der Waals surface area contributed by atoms with Crippen molar-refractivity contribution in [2.24, 2.45) is 0 Å². The van der Waals surface area contributed by atoms with Crippen molar-refractivity contribution in [1.29, 1.82) is 0 Å². The van der Waals surface area contributed by atoms with E-state index in [1.807, 2.05) is 65.4 Å². The van der Waals surface area contributed by atoms with Gasteiger partial charge in [0.2, 0.25) is 0 Å². The first-order chi connectivity index (χ1) is 12.8. The molecule has 0 fully saturated rings. The summed E-state index contributed by atoms with van der Waals surface area (Å²) in [5, 5.41) is 9.78. The number of thioether (sulfide) groups is 1. The summed E-state index contributed by atoms with van der Waals surface area (Å²) in [7, 11) is 1.66. The number of benzene rings is 2. The van der Waals surface area contributed by atoms with Gasteiger partial charge in [0.25, 0.3) is 0 Å². The van der Waals surface area contributed by atoms with Gasteiger partial charge in [0.05, 0.1) is 24.7 Å². The van der Waals surface area contributed by atoms with Crippen molar-refractivity contribution >= 4 is 11.8 Å². The molecule has 0 radical (unpaired) electrons. The third-order valence-electron chi connectivity index (χ3n) is 3.83. The summed E-state index contributed by atoms with van der Waals surface area (Å²) >= 11 is 1.62. The molecule has 0 spiro atoms. The van der Waals surface area contributed by atoms with Crippen LogP contribution in [0.2, 0.25) is 0 Å². The predicted octanol–water partition coefficient (Wildman–Crippen LogP) is 3.75. The molecule has 0 bridgehead atoms. The average molecular weight is 363 g/mol. The molecule has 2 aromatic carbocycles. The highest BCUT2D eigenvalue weighted by atomic mass is 32.2. The van der Waals surface area contributed by atoms with Crippen molar-refractivity contribution < 1.29 is 4.74 Å². The van der Waals surface area contributed by atoms with Gasteiger partial charge < -0.3 is 4.74 Å². The Labute approximate surface area is 155 Å². The van der Waals surface area contributed by atoms with Crippen molar-refractivity contribution in [3.63, 3.8) is 0 Å². The minimum absolute atomic E-state index is 0.694. The van der Waals surface area contributed by atoms with E-state index in [1.54, 1.807) is 36.1 Å². The lowest BCUT2D eigenvalue weighted by molar-refractivity contribution is 0.414. The highest BCUT2D eigenvalue weighted by Crippen LogP contribution is 2.24. The van der Waals surface area contributed by atoms with E-state index in [4.69, 9.17) is 4.74 Å². The molecule has 130 valence electrons. The van der Waals surface area contributed by atoms with Crippen LogP contribution in [-0.2, 0) is 5.75 Å². The molecule has 0 atom stereocenters. The lowest BCUT2D eigenvalue weighted by Crippen LogP contribution is -1.99. The van der Waals surface area contributed by atoms with Gasteiger partial charge in [0.1, 0.15) is 5.75 Å². The molecule has 0 N–H and O–H groups in total. The number of hydrogen-bond donors (Lipinski definition) is 0. The largest absolute Gasteiger partial charge is 0.497 e. The van der Waals surface area contributed by atoms with Crippen LogP contribution in [0.5, 0.6) is 5.75 Å². The number of imidazole rings is 1. The summed E-state index contributed by atoms with van der Waals surface area (Å²) < 4.78 is 7.26. The fourth-order valence-electron chi connectivity index (χ4n) is 2.52. The van der Waals surface area contributed by atoms with Crippen molar-refractivity contribution in [2.45, 2.75) is 10.9 Å². The molecule has 2 aromatic heterocycles. The van der Waals surface area contributed by atoms with E-state index >= 15 is 0 Å². The van der Waals surface area contributed by atoms with Crippen LogP contribution in [0.4, 0.5) is 0 Å². The molecule has 0 aliphatic rings. The van der Waals surface area contributed by atoms with Gasteiger partial charge in [-0.3, -0.25) is 4.57 Å². The molecular formula is C19H17N5OS. The van der Waals surface area contributed by atoms with Gasteiger partial charge in [-0.15, -0.1) is 0 Å². The van der Waals surface area contributed by atoms with E-state index in [0.29, 0.717) is 5.75 Å². The molecule has 0 aliphatic heterocycles. The van der Waals surface area contributed by atoms with Crippen LogP contribution in [0.3, 0.4) is 0 Å². The number of ether oxygens (including phenoxy) is 1. The highest BCUT2D eigenvalue weighted by Gasteiger charge is 2.09. The lowest BCUT2D eigenvalue weighted by atomic mass is 10.3. The average Bonchev–Trinajstić information content (AvgIpc) is 3.36. The van der Waals surface area contributed by atoms with Crippen molar-refractivity contribution in [3.8, 4) is 17.1 Å². The van der Waals surface area contributed by atoms with E-state index in [-0.39, 0.29) is 0 Å². The first kappa shape index (κ1) is 16.4. The van der Waals surface area contributed by atoms with E-state index in [2.05, 4.69) is 15.2 Å². The minimum Gasteiger partial charge on any atom is -0.497 e. The Bertz CT molecular complexity index is 979. The van der Waals surface area contributed by atoms with Crippen LogP contribution in [0.15, 0.2) is 78.3 Å². The molecular weight excluding hydrogens is 346 g/mol. The predicted molar refractivity (Wildman–Crippen MR) is 101 cm³/mol. The maximum atomic E-state index is 5.21. The number of para-hydroxylation sites is 1. The zero-order chi connectivity index (χ0) is 17.8. The summed E-state index contributed by atoms with van der Waals surface area (Å²) in [5.41, 5.74) is 2.89. The Hall–Kier alpha value is -3.06. The number of aromatic nitrogens is 5. The van der Waals surface area contributed by atoms with Crippen molar-refractivity contribution in [3.05, 3.63) is 78.9 Å². The van der Waals surface area contributed by atoms with Gasteiger partial charge in [0, 0.05) is 23.8 Å². The second-order valence-corrected chi connectivity index (χ2v) is 6.47. The molecule has 7 heteroatoms. The van der Waals surface area contributed by atoms with Crippen LogP contribution in [-0.4, -0.2) is 31.7 Å². The zero-order valence-electron chi connectivity index (χ0n) is 14.2. The van der Waals surface area contributed by atoms with Crippen LogP contribution in [0.1, 0.15) is 5.69 Å². The summed E-state index contributed by atoms with van der Waals surface area (Å²) in [5.74, 6) is 1.53. The summed E-state index contributed by atoms with van der Waals surface area (Å²) in [6, 6.07) is 17.8. The van der Waals surface area contributed by atoms with Gasteiger partial charge in [0.15, 0.2) is 5.16 Å². The maximum absolute atomic E-state index is 5.21. The zero-order valence-corrected chi connectivity index (χ0v) is 15.0. The third-order valence-corrected chi connectivity index (χ3v) is 4.83. The molecule has 0 amide bonds. The van der Waals surface area contributed by atoms with Crippen LogP contribution < -0.4 is 4.74 Å². The number of methoxy groups -OCH3 is 1. The van der Waals surface area contributed by atoms with E-state index in [9.17, 15) is 0 Å². The second-order valence-electron chi connectivity index (χ2n) is 5.53. The van der Waals surface area contributed by atoms with E-state index in [1.165, 1.54) is 0 Å². The Morgan fingerprint density at radius 3 is 2.58 bits per heavy atom. The number of hydrogen-bond acceptors (Lipinski definition) is 5. The van der Waals surface area contributed by atoms with Crippen molar-refractivity contribution in [1.82, 2.24) is 24.5 Å². The summed E-state index contributed by atoms with van der Waals surface area (Å²) in [6.45, 7) is 0. The number of nitrogens with zero attached hydrogens (tertiary/aromatic N) is 5. The molecule has 0 saturated carbocycles. The lowest BCUT2D eigenvalue weighted by Gasteiger charge is -2.07. The Morgan fingerprint density at radius 2 is 1.81 bits per heavy atom. The maximum Gasteiger partial charge on any atom is 0.172 e. The first-order valence-corrected chi connectivity index (χ1v) is 9.09. The smallest absolute Gasteiger partial charge is 0.172 e. The molecule has 0 unspecified atom stereocenters. The molecule has 4 rings (SSSR count). The molecule has 4 aromatic rings. The fourth-order valence-corrected chi connectivity index (χ4v) is 3.37. The Balaban J connectivity index is 1.47. The minimum atomic E-state index is 0.694. The standard InChI is InChI=1S/C19H17N5OS/c1-25-18-9-7-16(8-10-18)23-12-11-20-19(23)26-14-15-13-21-24(22-15)17-5-3-2-4-6-17/h2-13H,14H2,1H3. The SMILES string of the molecule is COc1ccc(-n2ccnc2SCc2cnn(-c3ccccc3)n2)cc1. The van der Waals surface area contributed by atoms with Crippen LogP contribution >= 0.6 is 11.8 Å². The fraction of sp³-hybridized carbons (Fsp3) is 0.105. The normalized spacial score (nSPS) is 10.8. The van der Waals surface area contributed by atoms with Gasteiger partial charge in [-0.05, 0) is 36.4 Å². The Morgan fingerprint density at radius 1 is 1.00 bits per heavy atom. The van der Waals surface area contributed by atoms with Gasteiger partial charge in [-0.1, -0.05) is 30.0 Å². The molecule has 6 nitrogen and oxygen atoms in total. The van der Waals surface area contributed by atoms with Crippen LogP contribution in [0.25, 0.3) is 11.4 Å². The third kappa shape index (κ3) is 3.48. The van der Waals surface area contributed by atoms with Crippen molar-refractivity contribution in [2.75, 3.05) is 7.11 Å². The molecule has 0 saturated heterocycles. The van der Waals surface area contributed by atoms with Gasteiger partial charge in [-0.2, -0.15) is 15.0 Å². The molecule has 0 aliphatic carbocycles. The van der Waals surface area contributed by atoms with Crippen LogP contribution in [0, 0.1) is 0 Å². The number of rotatable bonds is 6. The molecule has 2 heterocycles. The summed E-state index contributed by atoms with van der Waals surface area (Å²) in [6.07, 6.45) is 5.54. The van der Waals surface area contributed by atoms with Gasteiger partial charge in [-0.25, -0.2) is 4.98 Å². The van der Waals surface area contributed by atoms with E-state index in [0.717, 1.165) is 28.0 Å². The Kier molecular flexibility index (Phi) is 4.70. The quantitative estimate of drug-likeness (QED) is 0.488. The second kappa shape index (κ2) is 7.45. The van der Waals surface area contributed by atoms with Gasteiger partial charge >= 0.3 is 0 Å². The molecule has 26 heavy (non-hydrogen) atoms. The first-order valence-electron chi connectivity index (χ1n) is 8.11. The summed E-state index contributed by atoms with van der Waals surface area (Å²) in [4.78, 5) is 6.10. The van der Waals surface area contributed by atoms with E-state index < -0.39 is 0 Å². The topological polar surface area (TPSA) is 57.8 Å².